The largest absolute Gasteiger partial charge is 0.334 e. The molecule has 0 saturated carbocycles. The van der Waals surface area contributed by atoms with E-state index in [2.05, 4.69) is 26.6 Å². The summed E-state index contributed by atoms with van der Waals surface area (Å²) in [4.78, 5) is 25.8. The summed E-state index contributed by atoms with van der Waals surface area (Å²) >= 11 is 3.46. The molecule has 0 fully saturated rings. The second-order valence-electron chi connectivity index (χ2n) is 5.68. The first-order chi connectivity index (χ1) is 11.5. The average Bonchev–Trinajstić information content (AvgIpc) is 2.98. The molecule has 1 aliphatic rings. The number of carbonyl (C=O) groups excluding carboxylic acids is 2. The van der Waals surface area contributed by atoms with Crippen LogP contribution in [-0.4, -0.2) is 18.5 Å². The van der Waals surface area contributed by atoms with Crippen molar-refractivity contribution in [1.82, 2.24) is 5.32 Å². The van der Waals surface area contributed by atoms with Gasteiger partial charge in [-0.15, -0.1) is 0 Å². The molecule has 0 aromatic heterocycles. The van der Waals surface area contributed by atoms with Crippen LogP contribution in [0.15, 0.2) is 46.9 Å². The first-order valence-electron chi connectivity index (χ1n) is 7.74. The number of amides is 3. The maximum absolute atomic E-state index is 12.2. The quantitative estimate of drug-likeness (QED) is 0.843. The average molecular weight is 388 g/mol. The number of halogens is 1. The van der Waals surface area contributed by atoms with Crippen LogP contribution in [0.3, 0.4) is 0 Å². The zero-order valence-corrected chi connectivity index (χ0v) is 14.9. The molecule has 2 N–H and O–H groups in total. The van der Waals surface area contributed by atoms with Crippen LogP contribution in [0.25, 0.3) is 0 Å². The molecule has 0 radical (unpaired) electrons. The summed E-state index contributed by atoms with van der Waals surface area (Å²) < 4.78 is 0.880. The summed E-state index contributed by atoms with van der Waals surface area (Å²) in [6, 6.07) is 13.2. The number of nitrogens with one attached hydrogen (secondary N) is 2. The monoisotopic (exact) mass is 387 g/mol. The van der Waals surface area contributed by atoms with E-state index in [1.807, 2.05) is 42.5 Å². The second-order valence-corrected chi connectivity index (χ2v) is 6.59. The van der Waals surface area contributed by atoms with Crippen molar-refractivity contribution in [3.63, 3.8) is 0 Å². The van der Waals surface area contributed by atoms with E-state index in [9.17, 15) is 9.59 Å². The van der Waals surface area contributed by atoms with Gasteiger partial charge in [-0.3, -0.25) is 4.79 Å². The van der Waals surface area contributed by atoms with Crippen LogP contribution in [0.4, 0.5) is 16.2 Å². The van der Waals surface area contributed by atoms with E-state index in [-0.39, 0.29) is 11.9 Å². The number of fused-ring (bicyclic) bond motifs is 1. The zero-order valence-electron chi connectivity index (χ0n) is 13.3. The fraction of sp³-hybridized carbons (Fsp3) is 0.222. The van der Waals surface area contributed by atoms with E-state index in [1.165, 1.54) is 6.92 Å². The van der Waals surface area contributed by atoms with Crippen molar-refractivity contribution < 1.29 is 9.59 Å². The van der Waals surface area contributed by atoms with Gasteiger partial charge < -0.3 is 15.5 Å². The number of hydrogen-bond donors (Lipinski definition) is 2. The third kappa shape index (κ3) is 3.59. The number of benzene rings is 2. The van der Waals surface area contributed by atoms with Crippen LogP contribution in [-0.2, 0) is 17.8 Å². The molecular formula is C18H18BrN3O2. The van der Waals surface area contributed by atoms with Gasteiger partial charge in [0.2, 0.25) is 5.91 Å². The molecule has 6 heteroatoms. The predicted molar refractivity (Wildman–Crippen MR) is 98.2 cm³/mol. The van der Waals surface area contributed by atoms with E-state index in [4.69, 9.17) is 0 Å². The Labute approximate surface area is 149 Å². The summed E-state index contributed by atoms with van der Waals surface area (Å²) in [6.07, 6.45) is 0.786. The highest BCUT2D eigenvalue weighted by atomic mass is 79.9. The van der Waals surface area contributed by atoms with Gasteiger partial charge in [-0.25, -0.2) is 4.79 Å². The van der Waals surface area contributed by atoms with Crippen molar-refractivity contribution in [2.75, 3.05) is 16.8 Å². The maximum Gasteiger partial charge on any atom is 0.319 e. The Bertz CT molecular complexity index is 777. The van der Waals surface area contributed by atoms with E-state index in [0.717, 1.165) is 27.7 Å². The third-order valence-corrected chi connectivity index (χ3v) is 4.41. The van der Waals surface area contributed by atoms with Crippen molar-refractivity contribution in [3.8, 4) is 0 Å². The summed E-state index contributed by atoms with van der Waals surface area (Å²) in [5.41, 5.74) is 3.51. The first-order valence-corrected chi connectivity index (χ1v) is 8.53. The van der Waals surface area contributed by atoms with E-state index < -0.39 is 0 Å². The highest BCUT2D eigenvalue weighted by Crippen LogP contribution is 2.38. The number of rotatable bonds is 3. The van der Waals surface area contributed by atoms with Gasteiger partial charge in [-0.1, -0.05) is 46.3 Å². The molecule has 2 aromatic rings. The lowest BCUT2D eigenvalue weighted by atomic mass is 10.1. The Kier molecular flexibility index (Phi) is 4.85. The SMILES string of the molecule is CC(=O)N1CCc2cc(Br)cc(NC(=O)NCc3ccccc3)c21. The Balaban J connectivity index is 1.75. The fourth-order valence-corrected chi connectivity index (χ4v) is 3.37. The van der Waals surface area contributed by atoms with Crippen molar-refractivity contribution in [1.29, 1.82) is 0 Å². The van der Waals surface area contributed by atoms with Crippen LogP contribution >= 0.6 is 15.9 Å². The second kappa shape index (κ2) is 7.05. The minimum absolute atomic E-state index is 0.0242. The number of urea groups is 1. The van der Waals surface area contributed by atoms with Crippen LogP contribution < -0.4 is 15.5 Å². The molecule has 0 saturated heterocycles. The topological polar surface area (TPSA) is 61.4 Å². The Morgan fingerprint density at radius 1 is 1.21 bits per heavy atom. The van der Waals surface area contributed by atoms with Gasteiger partial charge >= 0.3 is 6.03 Å². The van der Waals surface area contributed by atoms with Crippen molar-refractivity contribution in [2.45, 2.75) is 19.9 Å². The maximum atomic E-state index is 12.2. The van der Waals surface area contributed by atoms with Gasteiger partial charge in [0.05, 0.1) is 11.4 Å². The molecule has 3 amide bonds. The third-order valence-electron chi connectivity index (χ3n) is 3.95. The van der Waals surface area contributed by atoms with Gasteiger partial charge in [0.1, 0.15) is 0 Å². The van der Waals surface area contributed by atoms with Crippen LogP contribution in [0.2, 0.25) is 0 Å². The lowest BCUT2D eigenvalue weighted by Crippen LogP contribution is -2.30. The van der Waals surface area contributed by atoms with Gasteiger partial charge in [-0.05, 0) is 29.7 Å². The molecule has 5 nitrogen and oxygen atoms in total. The summed E-state index contributed by atoms with van der Waals surface area (Å²) in [5.74, 6) is -0.0242. The Morgan fingerprint density at radius 2 is 1.96 bits per heavy atom. The highest BCUT2D eigenvalue weighted by Gasteiger charge is 2.26. The molecule has 0 unspecified atom stereocenters. The Hall–Kier alpha value is -2.34. The fourth-order valence-electron chi connectivity index (χ4n) is 2.86. The lowest BCUT2D eigenvalue weighted by Gasteiger charge is -2.19. The van der Waals surface area contributed by atoms with E-state index in [0.29, 0.717) is 18.8 Å². The molecule has 24 heavy (non-hydrogen) atoms. The molecule has 1 aliphatic heterocycles. The molecule has 0 aliphatic carbocycles. The molecule has 1 heterocycles. The number of hydrogen-bond acceptors (Lipinski definition) is 2. The molecule has 124 valence electrons. The smallest absolute Gasteiger partial charge is 0.319 e. The molecule has 0 spiro atoms. The molecule has 3 rings (SSSR count). The Morgan fingerprint density at radius 3 is 2.67 bits per heavy atom. The van der Waals surface area contributed by atoms with Gasteiger partial charge in [0.15, 0.2) is 0 Å². The summed E-state index contributed by atoms with van der Waals surface area (Å²) in [5, 5.41) is 5.70. The van der Waals surface area contributed by atoms with Crippen molar-refractivity contribution in [3.05, 3.63) is 58.1 Å². The van der Waals surface area contributed by atoms with Crippen molar-refractivity contribution in [2.24, 2.45) is 0 Å². The minimum Gasteiger partial charge on any atom is -0.334 e. The van der Waals surface area contributed by atoms with Crippen LogP contribution in [0.5, 0.6) is 0 Å². The first kappa shape index (κ1) is 16.5. The number of anilines is 2. The van der Waals surface area contributed by atoms with Crippen molar-refractivity contribution >= 4 is 39.2 Å². The minimum atomic E-state index is -0.297. The summed E-state index contributed by atoms with van der Waals surface area (Å²) in [7, 11) is 0. The normalized spacial score (nSPS) is 12.7. The number of carbonyl (C=O) groups is 2. The van der Waals surface area contributed by atoms with Crippen LogP contribution in [0.1, 0.15) is 18.1 Å². The number of nitrogens with zero attached hydrogens (tertiary/aromatic N) is 1. The molecule has 2 aromatic carbocycles. The summed E-state index contributed by atoms with van der Waals surface area (Å²) in [6.45, 7) is 2.62. The standard InChI is InChI=1S/C18H18BrN3O2/c1-12(23)22-8-7-14-9-15(19)10-16(17(14)22)21-18(24)20-11-13-5-3-2-4-6-13/h2-6,9-10H,7-8,11H2,1H3,(H2,20,21,24). The molecule has 0 atom stereocenters. The zero-order chi connectivity index (χ0) is 17.1. The predicted octanol–water partition coefficient (Wildman–Crippen LogP) is 3.68. The lowest BCUT2D eigenvalue weighted by molar-refractivity contribution is -0.116. The van der Waals surface area contributed by atoms with Gasteiger partial charge in [-0.2, -0.15) is 0 Å². The highest BCUT2D eigenvalue weighted by molar-refractivity contribution is 9.10. The van der Waals surface area contributed by atoms with Gasteiger partial charge in [0.25, 0.3) is 0 Å². The van der Waals surface area contributed by atoms with E-state index in [1.54, 1.807) is 4.90 Å². The molecular weight excluding hydrogens is 370 g/mol. The van der Waals surface area contributed by atoms with E-state index >= 15 is 0 Å². The molecule has 0 bridgehead atoms. The van der Waals surface area contributed by atoms with Crippen LogP contribution in [0, 0.1) is 0 Å². The van der Waals surface area contributed by atoms with Gasteiger partial charge in [0, 0.05) is 24.5 Å².